The van der Waals surface area contributed by atoms with Crippen molar-refractivity contribution in [1.29, 1.82) is 0 Å². The molecule has 0 aliphatic carbocycles. The van der Waals surface area contributed by atoms with Gasteiger partial charge in [-0.25, -0.2) is 0 Å². The maximum atomic E-state index is 10.1. The summed E-state index contributed by atoms with van der Waals surface area (Å²) in [6.07, 6.45) is 0. The first-order chi connectivity index (χ1) is 2.00. The first-order valence-electron chi connectivity index (χ1n) is 0.756. The number of hydrogen-bond acceptors (Lipinski definition) is 0. The zero-order chi connectivity index (χ0) is 4.50. The minimum atomic E-state index is -4.53. The summed E-state index contributed by atoms with van der Waals surface area (Å²) < 4.78 is 30.4. The average molecular weight is 121 g/mol. The van der Waals surface area contributed by atoms with E-state index >= 15 is 0 Å². The van der Waals surface area contributed by atoms with Crippen molar-refractivity contribution in [2.75, 3.05) is 0 Å². The molecule has 0 nitrogen and oxygen atoms in total. The molecule has 0 rings (SSSR count). The number of alkyl halides is 4. The van der Waals surface area contributed by atoms with Crippen LogP contribution >= 0.6 is 11.6 Å². The van der Waals surface area contributed by atoms with Crippen LogP contribution in [0.1, 0.15) is 7.43 Å². The first kappa shape index (κ1) is 9.43. The van der Waals surface area contributed by atoms with E-state index in [0.29, 0.717) is 0 Å². The molecule has 0 heterocycles. The third-order valence-corrected chi connectivity index (χ3v) is 0. The monoisotopic (exact) mass is 120 g/mol. The summed E-state index contributed by atoms with van der Waals surface area (Å²) in [4.78, 5) is 0. The molecule has 40 valence electrons. The molecule has 0 aromatic heterocycles. The summed E-state index contributed by atoms with van der Waals surface area (Å²) in [6, 6.07) is 0. The Bertz CT molecular complexity index is 24.3. The molecule has 0 saturated heterocycles. The molecular weight excluding hydrogens is 116 g/mol. The molecule has 0 amide bonds. The Balaban J connectivity index is 0. The molecule has 0 aliphatic heterocycles. The van der Waals surface area contributed by atoms with Crippen LogP contribution in [0.25, 0.3) is 0 Å². The van der Waals surface area contributed by atoms with Gasteiger partial charge in [-0.3, -0.25) is 0 Å². The molecule has 0 aliphatic rings. The topological polar surface area (TPSA) is 0 Å². The highest BCUT2D eigenvalue weighted by Gasteiger charge is 2.20. The van der Waals surface area contributed by atoms with Crippen LogP contribution in [0, 0.1) is 0 Å². The van der Waals surface area contributed by atoms with Crippen LogP contribution < -0.4 is 0 Å². The largest absolute Gasteiger partial charge is 0.475 e. The van der Waals surface area contributed by atoms with E-state index in [-0.39, 0.29) is 7.43 Å². The zero-order valence-electron chi connectivity index (χ0n) is 2.01. The SMILES string of the molecule is C.FC(F)(F)Cl. The van der Waals surface area contributed by atoms with E-state index < -0.39 is 5.64 Å². The van der Waals surface area contributed by atoms with Crippen molar-refractivity contribution in [3.63, 3.8) is 0 Å². The fraction of sp³-hybridized carbons (Fsp3) is 1.00. The Morgan fingerprint density at radius 3 is 1.17 bits per heavy atom. The fourth-order valence-electron chi connectivity index (χ4n) is 0. The van der Waals surface area contributed by atoms with Crippen molar-refractivity contribution < 1.29 is 13.2 Å². The summed E-state index contributed by atoms with van der Waals surface area (Å²) in [6.45, 7) is 0. The van der Waals surface area contributed by atoms with Gasteiger partial charge in [0.2, 0.25) is 0 Å². The maximum absolute atomic E-state index is 10.1. The van der Waals surface area contributed by atoms with E-state index in [1.165, 1.54) is 0 Å². The zero-order valence-corrected chi connectivity index (χ0v) is 2.77. The Morgan fingerprint density at radius 1 is 1.17 bits per heavy atom. The van der Waals surface area contributed by atoms with Crippen molar-refractivity contribution in [1.82, 2.24) is 0 Å². The van der Waals surface area contributed by atoms with Gasteiger partial charge < -0.3 is 0 Å². The van der Waals surface area contributed by atoms with E-state index in [1.54, 1.807) is 0 Å². The minimum Gasteiger partial charge on any atom is -0.156 e. The van der Waals surface area contributed by atoms with E-state index in [2.05, 4.69) is 11.6 Å². The smallest absolute Gasteiger partial charge is 0.156 e. The highest BCUT2D eigenvalue weighted by Crippen LogP contribution is 2.18. The van der Waals surface area contributed by atoms with Crippen molar-refractivity contribution in [2.24, 2.45) is 0 Å². The van der Waals surface area contributed by atoms with Crippen molar-refractivity contribution in [2.45, 2.75) is 13.1 Å². The number of halogens is 4. The lowest BCUT2D eigenvalue weighted by atomic mass is 11.6. The van der Waals surface area contributed by atoms with Crippen molar-refractivity contribution in [3.05, 3.63) is 0 Å². The molecule has 0 spiro atoms. The van der Waals surface area contributed by atoms with Gasteiger partial charge in [-0.1, -0.05) is 7.43 Å². The van der Waals surface area contributed by atoms with Crippen LogP contribution in [0.5, 0.6) is 0 Å². The van der Waals surface area contributed by atoms with Gasteiger partial charge in [0.05, 0.1) is 0 Å². The summed E-state index contributed by atoms with van der Waals surface area (Å²) in [5, 5.41) is 0. The Morgan fingerprint density at radius 2 is 1.17 bits per heavy atom. The van der Waals surface area contributed by atoms with Crippen LogP contribution in [0.3, 0.4) is 0 Å². The van der Waals surface area contributed by atoms with Gasteiger partial charge in [-0.2, -0.15) is 13.2 Å². The molecule has 0 aromatic rings. The average Bonchev–Trinajstić information content (AvgIpc) is 0.722. The third kappa shape index (κ3) is 6050. The highest BCUT2D eigenvalue weighted by molar-refractivity contribution is 6.20. The molecule has 0 radical (unpaired) electrons. The van der Waals surface area contributed by atoms with E-state index in [9.17, 15) is 13.2 Å². The molecule has 0 fully saturated rings. The minimum absolute atomic E-state index is 0. The maximum Gasteiger partial charge on any atom is 0.475 e. The predicted molar refractivity (Wildman–Crippen MR) is 18.6 cm³/mol. The lowest BCUT2D eigenvalue weighted by Gasteiger charge is -1.84. The van der Waals surface area contributed by atoms with Crippen LogP contribution in [0.4, 0.5) is 13.2 Å². The molecule has 6 heavy (non-hydrogen) atoms. The Hall–Kier alpha value is 0.0800. The lowest BCUT2D eigenvalue weighted by Crippen LogP contribution is -1.89. The molecule has 0 bridgehead atoms. The summed E-state index contributed by atoms with van der Waals surface area (Å²) in [5.41, 5.74) is -4.53. The van der Waals surface area contributed by atoms with Crippen molar-refractivity contribution >= 4 is 11.6 Å². The highest BCUT2D eigenvalue weighted by atomic mass is 35.5. The molecule has 4 heteroatoms. The standard InChI is InChI=1S/CClF3.CH4/c2-1(3,4)5;/h;1H4. The Kier molecular flexibility index (Phi) is 3.59. The lowest BCUT2D eigenvalue weighted by molar-refractivity contribution is -0.0420. The van der Waals surface area contributed by atoms with E-state index in [1.807, 2.05) is 0 Å². The molecule has 0 saturated carbocycles. The van der Waals surface area contributed by atoms with Gasteiger partial charge in [0.25, 0.3) is 0 Å². The molecule has 0 N–H and O–H groups in total. The summed E-state index contributed by atoms with van der Waals surface area (Å²) in [7, 11) is 0. The van der Waals surface area contributed by atoms with Gasteiger partial charge in [-0.05, 0) is 11.6 Å². The second-order valence-corrected chi connectivity index (χ2v) is 0.857. The third-order valence-electron chi connectivity index (χ3n) is 0. The van der Waals surface area contributed by atoms with E-state index in [0.717, 1.165) is 0 Å². The number of rotatable bonds is 0. The molecule has 0 unspecified atom stereocenters. The van der Waals surface area contributed by atoms with Crippen molar-refractivity contribution in [3.8, 4) is 0 Å². The van der Waals surface area contributed by atoms with Crippen LogP contribution in [0.15, 0.2) is 0 Å². The molecular formula is C2H4ClF3. The second kappa shape index (κ2) is 2.29. The van der Waals surface area contributed by atoms with Crippen LogP contribution in [-0.4, -0.2) is 5.64 Å². The Labute approximate surface area is 38.9 Å². The molecule has 0 atom stereocenters. The first-order valence-corrected chi connectivity index (χ1v) is 1.13. The normalized spacial score (nSPS) is 10.0. The van der Waals surface area contributed by atoms with Crippen LogP contribution in [-0.2, 0) is 0 Å². The van der Waals surface area contributed by atoms with Gasteiger partial charge in [0, 0.05) is 0 Å². The van der Waals surface area contributed by atoms with Gasteiger partial charge >= 0.3 is 5.64 Å². The summed E-state index contributed by atoms with van der Waals surface area (Å²) >= 11 is 3.53. The van der Waals surface area contributed by atoms with Gasteiger partial charge in [0.15, 0.2) is 0 Å². The van der Waals surface area contributed by atoms with Gasteiger partial charge in [0.1, 0.15) is 0 Å². The predicted octanol–water partition coefficient (Wildman–Crippen LogP) is 2.38. The van der Waals surface area contributed by atoms with E-state index in [4.69, 9.17) is 0 Å². The quantitative estimate of drug-likeness (QED) is 0.431. The number of hydrogen-bond donors (Lipinski definition) is 0. The van der Waals surface area contributed by atoms with Gasteiger partial charge in [-0.15, -0.1) is 0 Å². The molecule has 0 aromatic carbocycles. The van der Waals surface area contributed by atoms with Crippen LogP contribution in [0.2, 0.25) is 0 Å². The second-order valence-electron chi connectivity index (χ2n) is 0.429. The fourth-order valence-corrected chi connectivity index (χ4v) is 0. The summed E-state index contributed by atoms with van der Waals surface area (Å²) in [5.74, 6) is 0.